The highest BCUT2D eigenvalue weighted by molar-refractivity contribution is 5.49. The van der Waals surface area contributed by atoms with Crippen molar-refractivity contribution in [1.29, 1.82) is 0 Å². The summed E-state index contributed by atoms with van der Waals surface area (Å²) < 4.78 is 5.77. The van der Waals surface area contributed by atoms with Gasteiger partial charge in [-0.2, -0.15) is 0 Å². The van der Waals surface area contributed by atoms with Crippen LogP contribution in [0.3, 0.4) is 0 Å². The molecule has 0 aliphatic carbocycles. The maximum Gasteiger partial charge on any atom is 0.119 e. The Labute approximate surface area is 142 Å². The minimum Gasteiger partial charge on any atom is -0.489 e. The van der Waals surface area contributed by atoms with Gasteiger partial charge in [0.2, 0.25) is 0 Å². The maximum atomic E-state index is 10.5. The zero-order valence-electron chi connectivity index (χ0n) is 13.4. The Morgan fingerprint density at radius 2 is 1.62 bits per heavy atom. The molecule has 0 spiro atoms. The van der Waals surface area contributed by atoms with Crippen molar-refractivity contribution in [3.8, 4) is 5.75 Å². The Balaban J connectivity index is 1.68. The average molecular weight is 316 g/mol. The molecule has 3 rings (SSSR count). The quantitative estimate of drug-likeness (QED) is 0.694. The lowest BCUT2D eigenvalue weighted by Gasteiger charge is -2.13. The maximum absolute atomic E-state index is 10.5. The van der Waals surface area contributed by atoms with E-state index in [0.717, 1.165) is 28.0 Å². The van der Waals surface area contributed by atoms with E-state index in [1.54, 1.807) is 6.08 Å². The lowest BCUT2D eigenvalue weighted by atomic mass is 10.00. The van der Waals surface area contributed by atoms with Crippen LogP contribution in [0.5, 0.6) is 5.75 Å². The Morgan fingerprint density at radius 1 is 0.875 bits per heavy atom. The van der Waals surface area contributed by atoms with Crippen molar-refractivity contribution in [2.75, 3.05) is 0 Å². The summed E-state index contributed by atoms with van der Waals surface area (Å²) in [7, 11) is 0. The molecular formula is C22H20O2. The molecule has 2 heteroatoms. The van der Waals surface area contributed by atoms with Gasteiger partial charge in [-0.05, 0) is 40.5 Å². The second-order valence-corrected chi connectivity index (χ2v) is 5.62. The lowest BCUT2D eigenvalue weighted by molar-refractivity contribution is 0.220. The molecule has 3 aromatic carbocycles. The Bertz CT molecular complexity index is 792. The summed E-state index contributed by atoms with van der Waals surface area (Å²) in [5.41, 5.74) is 3.81. The van der Waals surface area contributed by atoms with E-state index in [0.29, 0.717) is 6.61 Å². The Hall–Kier alpha value is -2.84. The summed E-state index contributed by atoms with van der Waals surface area (Å²) in [6.45, 7) is 4.29. The Kier molecular flexibility index (Phi) is 5.09. The molecule has 0 heterocycles. The molecular weight excluding hydrogens is 296 g/mol. The topological polar surface area (TPSA) is 29.5 Å². The predicted octanol–water partition coefficient (Wildman–Crippen LogP) is 4.99. The largest absolute Gasteiger partial charge is 0.489 e. The fraction of sp³-hybridized carbons (Fsp3) is 0.0909. The monoisotopic (exact) mass is 316 g/mol. The van der Waals surface area contributed by atoms with Crippen LogP contribution in [0.1, 0.15) is 28.4 Å². The van der Waals surface area contributed by atoms with E-state index < -0.39 is 6.10 Å². The fourth-order valence-corrected chi connectivity index (χ4v) is 2.54. The number of hydrogen-bond donors (Lipinski definition) is 1. The van der Waals surface area contributed by atoms with Crippen LogP contribution in [0, 0.1) is 0 Å². The van der Waals surface area contributed by atoms with Crippen molar-refractivity contribution in [3.05, 3.63) is 108 Å². The third kappa shape index (κ3) is 3.92. The van der Waals surface area contributed by atoms with Gasteiger partial charge in [-0.25, -0.2) is 0 Å². The third-order valence-corrected chi connectivity index (χ3v) is 3.91. The zero-order chi connectivity index (χ0) is 16.8. The van der Waals surface area contributed by atoms with Crippen LogP contribution in [-0.4, -0.2) is 5.11 Å². The van der Waals surface area contributed by atoms with E-state index in [2.05, 4.69) is 6.58 Å². The molecule has 0 radical (unpaired) electrons. The van der Waals surface area contributed by atoms with E-state index in [1.165, 1.54) is 0 Å². The average Bonchev–Trinajstić information content (AvgIpc) is 2.67. The number of rotatable bonds is 6. The van der Waals surface area contributed by atoms with E-state index in [-0.39, 0.29) is 0 Å². The van der Waals surface area contributed by atoms with Crippen LogP contribution in [0.25, 0.3) is 6.08 Å². The minimum absolute atomic E-state index is 0.532. The lowest BCUT2D eigenvalue weighted by Crippen LogP contribution is -2.00. The van der Waals surface area contributed by atoms with Gasteiger partial charge in [-0.15, -0.1) is 0 Å². The molecule has 1 atom stereocenters. The van der Waals surface area contributed by atoms with Crippen molar-refractivity contribution in [2.24, 2.45) is 0 Å². The van der Waals surface area contributed by atoms with Gasteiger partial charge >= 0.3 is 0 Å². The molecule has 1 N–H and O–H groups in total. The Morgan fingerprint density at radius 3 is 2.33 bits per heavy atom. The molecule has 0 aliphatic heterocycles. The minimum atomic E-state index is -0.659. The van der Waals surface area contributed by atoms with Crippen LogP contribution in [0.15, 0.2) is 85.4 Å². The predicted molar refractivity (Wildman–Crippen MR) is 97.8 cm³/mol. The van der Waals surface area contributed by atoms with Gasteiger partial charge in [0.15, 0.2) is 0 Å². The summed E-state index contributed by atoms with van der Waals surface area (Å²) >= 11 is 0. The summed E-state index contributed by atoms with van der Waals surface area (Å²) in [6, 6.07) is 25.3. The van der Waals surface area contributed by atoms with E-state index in [1.807, 2.05) is 78.9 Å². The van der Waals surface area contributed by atoms with Gasteiger partial charge in [0.05, 0.1) is 0 Å². The van der Waals surface area contributed by atoms with Gasteiger partial charge < -0.3 is 9.84 Å². The highest BCUT2D eigenvalue weighted by Gasteiger charge is 2.10. The molecule has 0 fully saturated rings. The first-order valence-electron chi connectivity index (χ1n) is 7.93. The van der Waals surface area contributed by atoms with Crippen molar-refractivity contribution in [2.45, 2.75) is 12.7 Å². The van der Waals surface area contributed by atoms with E-state index >= 15 is 0 Å². The molecule has 0 aromatic heterocycles. The number of hydrogen-bond acceptors (Lipinski definition) is 2. The molecule has 0 bridgehead atoms. The molecule has 1 unspecified atom stereocenters. The molecule has 24 heavy (non-hydrogen) atoms. The van der Waals surface area contributed by atoms with E-state index in [9.17, 15) is 5.11 Å². The summed E-state index contributed by atoms with van der Waals surface area (Å²) in [5.74, 6) is 0.787. The highest BCUT2D eigenvalue weighted by Crippen LogP contribution is 2.25. The van der Waals surface area contributed by atoms with E-state index in [4.69, 9.17) is 4.74 Å². The van der Waals surface area contributed by atoms with Crippen molar-refractivity contribution < 1.29 is 9.84 Å². The first-order chi connectivity index (χ1) is 11.8. The highest BCUT2D eigenvalue weighted by atomic mass is 16.5. The van der Waals surface area contributed by atoms with Crippen LogP contribution in [0.4, 0.5) is 0 Å². The molecule has 120 valence electrons. The summed E-state index contributed by atoms with van der Waals surface area (Å²) in [6.07, 6.45) is 1.12. The normalized spacial score (nSPS) is 11.7. The van der Waals surface area contributed by atoms with Gasteiger partial charge in [-0.3, -0.25) is 0 Å². The second kappa shape index (κ2) is 7.62. The van der Waals surface area contributed by atoms with Crippen LogP contribution in [-0.2, 0) is 6.61 Å². The van der Waals surface area contributed by atoms with Crippen LogP contribution >= 0.6 is 0 Å². The van der Waals surface area contributed by atoms with Crippen LogP contribution < -0.4 is 4.74 Å². The molecule has 0 saturated heterocycles. The zero-order valence-corrected chi connectivity index (χ0v) is 13.4. The molecule has 0 saturated carbocycles. The van der Waals surface area contributed by atoms with Gasteiger partial charge in [0.25, 0.3) is 0 Å². The van der Waals surface area contributed by atoms with Gasteiger partial charge in [0.1, 0.15) is 18.5 Å². The van der Waals surface area contributed by atoms with Crippen molar-refractivity contribution in [3.63, 3.8) is 0 Å². The summed E-state index contributed by atoms with van der Waals surface area (Å²) in [4.78, 5) is 0. The number of ether oxygens (including phenoxy) is 1. The molecule has 2 nitrogen and oxygen atoms in total. The third-order valence-electron chi connectivity index (χ3n) is 3.91. The molecule has 3 aromatic rings. The van der Waals surface area contributed by atoms with Gasteiger partial charge in [-0.1, -0.05) is 73.3 Å². The first-order valence-corrected chi connectivity index (χ1v) is 7.93. The van der Waals surface area contributed by atoms with Crippen molar-refractivity contribution in [1.82, 2.24) is 0 Å². The number of aliphatic hydroxyl groups excluding tert-OH is 1. The standard InChI is InChI=1S/C22H20O2/c1-2-17-9-6-10-20(15-17)22(23)19-11-13-21(14-12-19)24-16-18-7-4-3-5-8-18/h2-15,22-23H,1,16H2. The molecule has 0 aliphatic rings. The SMILES string of the molecule is C=Cc1cccc(C(O)c2ccc(OCc3ccccc3)cc2)c1. The second-order valence-electron chi connectivity index (χ2n) is 5.62. The summed E-state index contributed by atoms with van der Waals surface area (Å²) in [5, 5.41) is 10.5. The number of aliphatic hydroxyl groups is 1. The molecule has 0 amide bonds. The number of benzene rings is 3. The van der Waals surface area contributed by atoms with Crippen LogP contribution in [0.2, 0.25) is 0 Å². The van der Waals surface area contributed by atoms with Gasteiger partial charge in [0, 0.05) is 0 Å². The first kappa shape index (κ1) is 16.0. The smallest absolute Gasteiger partial charge is 0.119 e. The van der Waals surface area contributed by atoms with Crippen molar-refractivity contribution >= 4 is 6.08 Å². The fourth-order valence-electron chi connectivity index (χ4n) is 2.54.